The van der Waals surface area contributed by atoms with Gasteiger partial charge >= 0.3 is 0 Å². The quantitative estimate of drug-likeness (QED) is 0.720. The Morgan fingerprint density at radius 3 is 2.53 bits per heavy atom. The monoisotopic (exact) mass is 203 g/mol. The first kappa shape index (κ1) is 11.8. The number of rotatable bonds is 4. The fraction of sp³-hybridized carbons (Fsp3) is 0.357. The van der Waals surface area contributed by atoms with Gasteiger partial charge in [0.15, 0.2) is 0 Å². The van der Waals surface area contributed by atoms with E-state index in [0.717, 1.165) is 17.2 Å². The lowest BCUT2D eigenvalue weighted by Gasteiger charge is -2.17. The van der Waals surface area contributed by atoms with Crippen molar-refractivity contribution in [1.82, 2.24) is 0 Å². The van der Waals surface area contributed by atoms with Crippen molar-refractivity contribution in [2.45, 2.75) is 26.7 Å². The van der Waals surface area contributed by atoms with E-state index in [1.54, 1.807) is 7.11 Å². The van der Waals surface area contributed by atoms with Crippen molar-refractivity contribution in [1.29, 1.82) is 0 Å². The lowest BCUT2D eigenvalue weighted by molar-refractivity contribution is 0.404. The van der Waals surface area contributed by atoms with Gasteiger partial charge in [0.25, 0.3) is 0 Å². The van der Waals surface area contributed by atoms with Crippen molar-refractivity contribution in [3.8, 4) is 5.75 Å². The molecule has 1 heteroatoms. The van der Waals surface area contributed by atoms with Gasteiger partial charge in [-0.3, -0.25) is 0 Å². The molecule has 0 aromatic heterocycles. The second kappa shape index (κ2) is 5.01. The van der Waals surface area contributed by atoms with Crippen LogP contribution >= 0.6 is 0 Å². The van der Waals surface area contributed by atoms with Crippen LogP contribution in [0, 0.1) is 5.92 Å². The van der Waals surface area contributed by atoms with E-state index in [4.69, 9.17) is 4.74 Å². The number of para-hydroxylation sites is 1. The van der Waals surface area contributed by atoms with Gasteiger partial charge in [-0.05, 0) is 11.5 Å². The third-order valence-electron chi connectivity index (χ3n) is 2.60. The van der Waals surface area contributed by atoms with Crippen LogP contribution in [0.1, 0.15) is 37.8 Å². The maximum atomic E-state index is 5.49. The lowest BCUT2D eigenvalue weighted by atomic mass is 9.93. The molecule has 0 N–H and O–H groups in total. The van der Waals surface area contributed by atoms with Crippen LogP contribution in [0.4, 0.5) is 0 Å². The van der Waals surface area contributed by atoms with Crippen LogP contribution < -0.4 is 4.74 Å². The van der Waals surface area contributed by atoms with E-state index in [-0.39, 0.29) is 0 Å². The maximum absolute atomic E-state index is 5.49. The van der Waals surface area contributed by atoms with Crippen LogP contribution in [0.5, 0.6) is 5.75 Å². The minimum atomic E-state index is 0.470. The molecule has 0 atom stereocenters. The van der Waals surface area contributed by atoms with Crippen LogP contribution in [-0.2, 0) is 0 Å². The molecule has 0 heterocycles. The predicted molar refractivity (Wildman–Crippen MR) is 65.3 cm³/mol. The Kier molecular flexibility index (Phi) is 3.96. The number of allylic oxidation sites excluding steroid dienone is 1. The van der Waals surface area contributed by atoms with Gasteiger partial charge in [0.2, 0.25) is 0 Å². The lowest BCUT2D eigenvalue weighted by Crippen LogP contribution is -2.01. The summed E-state index contributed by atoms with van der Waals surface area (Å²) in [5.41, 5.74) is 2.38. The Balaban J connectivity index is 3.27. The van der Waals surface area contributed by atoms with E-state index < -0.39 is 0 Å². The molecule has 15 heavy (non-hydrogen) atoms. The van der Waals surface area contributed by atoms with Crippen LogP contribution in [0.2, 0.25) is 0 Å². The highest BCUT2D eigenvalue weighted by Crippen LogP contribution is 2.34. The average Bonchev–Trinajstić information content (AvgIpc) is 2.26. The Morgan fingerprint density at radius 1 is 1.40 bits per heavy atom. The summed E-state index contributed by atoms with van der Waals surface area (Å²) in [5, 5.41) is 0. The van der Waals surface area contributed by atoms with Crippen LogP contribution in [-0.4, -0.2) is 7.11 Å². The van der Waals surface area contributed by atoms with Crippen molar-refractivity contribution in [3.63, 3.8) is 0 Å². The van der Waals surface area contributed by atoms with Crippen molar-refractivity contribution in [3.05, 3.63) is 47.9 Å². The molecule has 0 saturated carbocycles. The van der Waals surface area contributed by atoms with Crippen LogP contribution in [0.3, 0.4) is 0 Å². The molecule has 1 rings (SSSR count). The molecule has 0 aliphatic heterocycles. The van der Waals surface area contributed by atoms with Crippen molar-refractivity contribution < 1.29 is 4.74 Å². The average molecular weight is 203 g/mol. The minimum Gasteiger partial charge on any atom is -0.496 e. The highest BCUT2D eigenvalue weighted by atomic mass is 16.5. The van der Waals surface area contributed by atoms with E-state index in [2.05, 4.69) is 45.5 Å². The molecule has 0 amide bonds. The molecule has 1 radical (unpaired) electrons. The Labute approximate surface area is 92.8 Å². The summed E-state index contributed by atoms with van der Waals surface area (Å²) >= 11 is 0. The highest BCUT2D eigenvalue weighted by molar-refractivity contribution is 5.51. The van der Waals surface area contributed by atoms with Crippen molar-refractivity contribution in [2.75, 3.05) is 7.11 Å². The third kappa shape index (κ3) is 2.41. The standard InChI is InChI=1S/C14H19O/c1-6-11(4)13-9-7-8-12(10(2)3)14(13)15-5/h6-10H,1H2,2-5H3. The van der Waals surface area contributed by atoms with Gasteiger partial charge in [-0.2, -0.15) is 0 Å². The van der Waals surface area contributed by atoms with E-state index in [1.165, 1.54) is 5.56 Å². The summed E-state index contributed by atoms with van der Waals surface area (Å²) in [6.07, 6.45) is 1.86. The summed E-state index contributed by atoms with van der Waals surface area (Å²) in [4.78, 5) is 0. The molecular weight excluding hydrogens is 184 g/mol. The van der Waals surface area contributed by atoms with E-state index in [1.807, 2.05) is 6.08 Å². The summed E-state index contributed by atoms with van der Waals surface area (Å²) in [6.45, 7) is 10.2. The zero-order valence-electron chi connectivity index (χ0n) is 10.0. The van der Waals surface area contributed by atoms with Crippen molar-refractivity contribution >= 4 is 0 Å². The van der Waals surface area contributed by atoms with Gasteiger partial charge in [-0.1, -0.05) is 45.0 Å². The van der Waals surface area contributed by atoms with Gasteiger partial charge in [-0.15, -0.1) is 6.58 Å². The molecule has 0 bridgehead atoms. The maximum Gasteiger partial charge on any atom is 0.126 e. The molecule has 0 unspecified atom stereocenters. The zero-order valence-corrected chi connectivity index (χ0v) is 10.0. The molecule has 1 aromatic carbocycles. The van der Waals surface area contributed by atoms with Crippen molar-refractivity contribution in [2.24, 2.45) is 0 Å². The normalized spacial score (nSPS) is 10.8. The number of benzene rings is 1. The zero-order chi connectivity index (χ0) is 11.4. The number of ether oxygens (including phenoxy) is 1. The van der Waals surface area contributed by atoms with E-state index in [0.29, 0.717) is 5.92 Å². The molecule has 0 aliphatic carbocycles. The molecule has 0 fully saturated rings. The predicted octanol–water partition coefficient (Wildman–Crippen LogP) is 3.95. The van der Waals surface area contributed by atoms with E-state index >= 15 is 0 Å². The van der Waals surface area contributed by atoms with Gasteiger partial charge in [0.05, 0.1) is 7.11 Å². The molecule has 0 spiro atoms. The van der Waals surface area contributed by atoms with Gasteiger partial charge in [-0.25, -0.2) is 0 Å². The van der Waals surface area contributed by atoms with Gasteiger partial charge < -0.3 is 4.74 Å². The number of hydrogen-bond donors (Lipinski definition) is 0. The summed E-state index contributed by atoms with van der Waals surface area (Å²) in [5.74, 6) is 2.59. The molecule has 0 aliphatic rings. The fourth-order valence-electron chi connectivity index (χ4n) is 1.66. The molecular formula is C14H19O. The first-order valence-corrected chi connectivity index (χ1v) is 5.25. The van der Waals surface area contributed by atoms with Crippen LogP contribution in [0.15, 0.2) is 30.9 Å². The molecule has 1 aromatic rings. The summed E-state index contributed by atoms with van der Waals surface area (Å²) in [7, 11) is 1.72. The SMILES string of the molecule is C=C[C](C)c1cccc(C(C)C)c1OC. The van der Waals surface area contributed by atoms with Gasteiger partial charge in [0.1, 0.15) is 5.75 Å². The Morgan fingerprint density at radius 2 is 2.07 bits per heavy atom. The third-order valence-corrected chi connectivity index (χ3v) is 2.60. The van der Waals surface area contributed by atoms with Crippen LogP contribution in [0.25, 0.3) is 0 Å². The topological polar surface area (TPSA) is 9.23 Å². The first-order valence-electron chi connectivity index (χ1n) is 5.25. The largest absolute Gasteiger partial charge is 0.496 e. The second-order valence-electron chi connectivity index (χ2n) is 3.97. The summed E-state index contributed by atoms with van der Waals surface area (Å²) in [6, 6.07) is 6.26. The highest BCUT2D eigenvalue weighted by Gasteiger charge is 2.14. The second-order valence-corrected chi connectivity index (χ2v) is 3.97. The molecule has 81 valence electrons. The summed E-state index contributed by atoms with van der Waals surface area (Å²) < 4.78 is 5.49. The fourth-order valence-corrected chi connectivity index (χ4v) is 1.66. The molecule has 1 nitrogen and oxygen atoms in total. The molecule has 0 saturated heterocycles. The first-order chi connectivity index (χ1) is 7.11. The van der Waals surface area contributed by atoms with Gasteiger partial charge in [0, 0.05) is 11.5 Å². The minimum absolute atomic E-state index is 0.470. The Hall–Kier alpha value is -1.24. The smallest absolute Gasteiger partial charge is 0.126 e. The van der Waals surface area contributed by atoms with E-state index in [9.17, 15) is 0 Å². The number of methoxy groups -OCH3 is 1. The number of hydrogen-bond acceptors (Lipinski definition) is 1. The Bertz CT molecular complexity index is 339.